The van der Waals surface area contributed by atoms with Gasteiger partial charge in [-0.05, 0) is 18.7 Å². The minimum absolute atomic E-state index is 0.571. The molecule has 0 aliphatic heterocycles. The highest BCUT2D eigenvalue weighted by Gasteiger charge is 2.14. The maximum Gasteiger partial charge on any atom is 0.131 e. The van der Waals surface area contributed by atoms with E-state index < -0.39 is 0 Å². The van der Waals surface area contributed by atoms with Crippen LogP contribution in [0.25, 0.3) is 0 Å². The molecule has 2 rings (SSSR count). The van der Waals surface area contributed by atoms with E-state index in [-0.39, 0.29) is 0 Å². The van der Waals surface area contributed by atoms with Gasteiger partial charge in [0.05, 0.1) is 23.3 Å². The van der Waals surface area contributed by atoms with E-state index in [0.717, 1.165) is 28.5 Å². The highest BCUT2D eigenvalue weighted by atomic mass is 32.2. The molecule has 0 amide bonds. The van der Waals surface area contributed by atoms with E-state index in [2.05, 4.69) is 16.5 Å². The van der Waals surface area contributed by atoms with Crippen molar-refractivity contribution in [1.29, 1.82) is 5.26 Å². The third kappa shape index (κ3) is 3.03. The van der Waals surface area contributed by atoms with Gasteiger partial charge in [-0.15, -0.1) is 23.1 Å². The second-order valence-corrected chi connectivity index (χ2v) is 5.86. The van der Waals surface area contributed by atoms with E-state index in [0.29, 0.717) is 10.6 Å². The summed E-state index contributed by atoms with van der Waals surface area (Å²) in [6.45, 7) is 3.54. The molecule has 0 aromatic carbocycles. The van der Waals surface area contributed by atoms with Gasteiger partial charge in [-0.25, -0.2) is 0 Å². The zero-order valence-corrected chi connectivity index (χ0v) is 12.4. The Hall–Kier alpha value is -1.65. The van der Waals surface area contributed by atoms with Crippen molar-refractivity contribution < 1.29 is 0 Å². The summed E-state index contributed by atoms with van der Waals surface area (Å²) in [7, 11) is 0. The number of thioether (sulfide) groups is 1. The molecule has 2 aromatic heterocycles. The lowest BCUT2D eigenvalue weighted by molar-refractivity contribution is 0.637. The maximum atomic E-state index is 8.99. The molecule has 0 saturated carbocycles. The van der Waals surface area contributed by atoms with Gasteiger partial charge in [-0.2, -0.15) is 10.4 Å². The summed E-state index contributed by atoms with van der Waals surface area (Å²) in [6, 6.07) is 2.12. The number of hydrogen-bond acceptors (Lipinski definition) is 6. The Balaban J connectivity index is 2.01. The molecule has 5 nitrogen and oxygen atoms in total. The fourth-order valence-corrected chi connectivity index (χ4v) is 3.56. The Morgan fingerprint density at radius 2 is 2.42 bits per heavy atom. The lowest BCUT2D eigenvalue weighted by Crippen LogP contribution is -2.10. The van der Waals surface area contributed by atoms with Crippen molar-refractivity contribution in [2.24, 2.45) is 0 Å². The van der Waals surface area contributed by atoms with Gasteiger partial charge in [0, 0.05) is 12.7 Å². The lowest BCUT2D eigenvalue weighted by Gasteiger charge is -2.06. The number of aromatic nitrogens is 2. The predicted octanol–water partition coefficient (Wildman–Crippen LogP) is 2.54. The number of nitrogens with two attached hydrogens (primary N) is 1. The molecule has 7 heteroatoms. The van der Waals surface area contributed by atoms with Crippen LogP contribution in [-0.2, 0) is 6.54 Å². The minimum Gasteiger partial charge on any atom is -0.396 e. The van der Waals surface area contributed by atoms with Crippen molar-refractivity contribution in [3.63, 3.8) is 0 Å². The summed E-state index contributed by atoms with van der Waals surface area (Å²) in [4.78, 5) is 1.53. The molecule has 19 heavy (non-hydrogen) atoms. The van der Waals surface area contributed by atoms with Crippen LogP contribution in [0.2, 0.25) is 0 Å². The number of anilines is 2. The minimum atomic E-state index is 0.571. The van der Waals surface area contributed by atoms with Crippen molar-refractivity contribution in [3.05, 3.63) is 22.8 Å². The van der Waals surface area contributed by atoms with Crippen LogP contribution < -0.4 is 11.1 Å². The molecule has 0 aliphatic carbocycles. The molecule has 100 valence electrons. The highest BCUT2D eigenvalue weighted by molar-refractivity contribution is 7.99. The standard InChI is InChI=1S/C12H15N5S2/c1-8-6-16-17(7-8)4-3-15-12-11(18-2)10(14)9(5-13)19-12/h6-7,15H,3-4,14H2,1-2H3. The molecule has 0 bridgehead atoms. The topological polar surface area (TPSA) is 79.7 Å². The van der Waals surface area contributed by atoms with Crippen LogP contribution in [0.1, 0.15) is 10.4 Å². The number of hydrogen-bond donors (Lipinski definition) is 2. The third-order valence-corrected chi connectivity index (χ3v) is 4.62. The zero-order chi connectivity index (χ0) is 13.8. The van der Waals surface area contributed by atoms with Gasteiger partial charge < -0.3 is 11.1 Å². The highest BCUT2D eigenvalue weighted by Crippen LogP contribution is 2.40. The van der Waals surface area contributed by atoms with Gasteiger partial charge in [-0.3, -0.25) is 4.68 Å². The first-order valence-electron chi connectivity index (χ1n) is 5.75. The van der Waals surface area contributed by atoms with E-state index in [1.807, 2.05) is 30.3 Å². The number of thiophene rings is 1. The normalized spacial score (nSPS) is 10.4. The van der Waals surface area contributed by atoms with E-state index in [1.54, 1.807) is 11.8 Å². The van der Waals surface area contributed by atoms with Crippen LogP contribution >= 0.6 is 23.1 Å². The first kappa shape index (κ1) is 13.8. The Morgan fingerprint density at radius 1 is 1.63 bits per heavy atom. The van der Waals surface area contributed by atoms with Gasteiger partial charge in [-0.1, -0.05) is 0 Å². The van der Waals surface area contributed by atoms with Crippen LogP contribution in [0.3, 0.4) is 0 Å². The SMILES string of the molecule is CSc1c(NCCn2cc(C)cn2)sc(C#N)c1N. The fraction of sp³-hybridized carbons (Fsp3) is 0.333. The lowest BCUT2D eigenvalue weighted by atomic mass is 10.4. The Bertz CT molecular complexity index is 608. The van der Waals surface area contributed by atoms with E-state index >= 15 is 0 Å². The molecule has 0 atom stereocenters. The summed E-state index contributed by atoms with van der Waals surface area (Å²) < 4.78 is 1.89. The Labute approximate surface area is 120 Å². The van der Waals surface area contributed by atoms with E-state index in [1.165, 1.54) is 11.3 Å². The van der Waals surface area contributed by atoms with Crippen LogP contribution in [0, 0.1) is 18.3 Å². The summed E-state index contributed by atoms with van der Waals surface area (Å²) in [6.07, 6.45) is 5.80. The predicted molar refractivity (Wildman–Crippen MR) is 80.7 cm³/mol. The van der Waals surface area contributed by atoms with Crippen molar-refractivity contribution in [1.82, 2.24) is 9.78 Å². The smallest absolute Gasteiger partial charge is 0.131 e. The largest absolute Gasteiger partial charge is 0.396 e. The first-order chi connectivity index (χ1) is 9.15. The molecule has 0 aliphatic rings. The number of aryl methyl sites for hydroxylation is 1. The number of nitrogens with one attached hydrogen (secondary N) is 1. The maximum absolute atomic E-state index is 8.99. The molecular formula is C12H15N5S2. The van der Waals surface area contributed by atoms with Crippen molar-refractivity contribution in [2.75, 3.05) is 23.9 Å². The van der Waals surface area contributed by atoms with E-state index in [9.17, 15) is 0 Å². The van der Waals surface area contributed by atoms with Gasteiger partial charge in [0.25, 0.3) is 0 Å². The first-order valence-corrected chi connectivity index (χ1v) is 7.79. The van der Waals surface area contributed by atoms with Gasteiger partial charge >= 0.3 is 0 Å². The van der Waals surface area contributed by atoms with Crippen LogP contribution in [0.15, 0.2) is 17.3 Å². The van der Waals surface area contributed by atoms with Crippen molar-refractivity contribution in [2.45, 2.75) is 18.4 Å². The molecule has 2 heterocycles. The van der Waals surface area contributed by atoms with Gasteiger partial charge in [0.15, 0.2) is 0 Å². The molecule has 0 unspecified atom stereocenters. The number of rotatable bonds is 5. The molecule has 0 saturated heterocycles. The van der Waals surface area contributed by atoms with E-state index in [4.69, 9.17) is 11.0 Å². The Morgan fingerprint density at radius 3 is 3.00 bits per heavy atom. The second-order valence-electron chi connectivity index (χ2n) is 4.03. The average Bonchev–Trinajstić information content (AvgIpc) is 2.93. The monoisotopic (exact) mass is 293 g/mol. The summed E-state index contributed by atoms with van der Waals surface area (Å²) in [5.74, 6) is 0. The van der Waals surface area contributed by atoms with Crippen LogP contribution in [0.4, 0.5) is 10.7 Å². The third-order valence-electron chi connectivity index (χ3n) is 2.59. The van der Waals surface area contributed by atoms with Gasteiger partial charge in [0.1, 0.15) is 15.9 Å². The number of nitrogen functional groups attached to an aromatic ring is 1. The fourth-order valence-electron chi connectivity index (χ4n) is 1.70. The summed E-state index contributed by atoms with van der Waals surface area (Å²) >= 11 is 2.96. The van der Waals surface area contributed by atoms with Crippen LogP contribution in [-0.4, -0.2) is 22.6 Å². The number of nitrogens with zero attached hydrogens (tertiary/aromatic N) is 3. The quantitative estimate of drug-likeness (QED) is 0.828. The molecular weight excluding hydrogens is 278 g/mol. The average molecular weight is 293 g/mol. The Kier molecular flexibility index (Phi) is 4.35. The zero-order valence-electron chi connectivity index (χ0n) is 10.8. The van der Waals surface area contributed by atoms with Crippen LogP contribution in [0.5, 0.6) is 0 Å². The second kappa shape index (κ2) is 5.99. The summed E-state index contributed by atoms with van der Waals surface area (Å²) in [5, 5.41) is 17.5. The summed E-state index contributed by atoms with van der Waals surface area (Å²) in [5.41, 5.74) is 7.65. The van der Waals surface area contributed by atoms with Crippen molar-refractivity contribution in [3.8, 4) is 6.07 Å². The molecule has 0 radical (unpaired) electrons. The molecule has 0 fully saturated rings. The van der Waals surface area contributed by atoms with Crippen molar-refractivity contribution >= 4 is 33.8 Å². The number of nitriles is 1. The van der Waals surface area contributed by atoms with Gasteiger partial charge in [0.2, 0.25) is 0 Å². The molecule has 3 N–H and O–H groups in total. The molecule has 2 aromatic rings. The molecule has 0 spiro atoms.